The van der Waals surface area contributed by atoms with E-state index in [0.717, 1.165) is 0 Å². The fourth-order valence-corrected chi connectivity index (χ4v) is 2.59. The maximum atomic E-state index is 12.2. The summed E-state index contributed by atoms with van der Waals surface area (Å²) in [4.78, 5) is 24.4. The zero-order chi connectivity index (χ0) is 22.3. The molecular weight excluding hydrogens is 400 g/mol. The van der Waals surface area contributed by atoms with E-state index in [9.17, 15) is 9.59 Å². The van der Waals surface area contributed by atoms with Gasteiger partial charge in [0.05, 0.1) is 13.2 Å². The van der Waals surface area contributed by atoms with Crippen LogP contribution in [0.25, 0.3) is 0 Å². The van der Waals surface area contributed by atoms with Gasteiger partial charge >= 0.3 is 0 Å². The van der Waals surface area contributed by atoms with Crippen LogP contribution in [0.15, 0.2) is 48.5 Å². The summed E-state index contributed by atoms with van der Waals surface area (Å²) in [5.41, 5.74) is 1.10. The van der Waals surface area contributed by atoms with Crippen molar-refractivity contribution >= 4 is 11.8 Å². The van der Waals surface area contributed by atoms with Gasteiger partial charge in [-0.1, -0.05) is 0 Å². The topological polar surface area (TPSA) is 95.1 Å². The summed E-state index contributed by atoms with van der Waals surface area (Å²) in [6, 6.07) is 13.8. The average molecular weight is 431 g/mol. The van der Waals surface area contributed by atoms with E-state index in [1.165, 1.54) is 0 Å². The molecule has 8 nitrogen and oxygen atoms in total. The van der Waals surface area contributed by atoms with Gasteiger partial charge in [0, 0.05) is 38.4 Å². The van der Waals surface area contributed by atoms with Gasteiger partial charge in [-0.05, 0) is 55.0 Å². The van der Waals surface area contributed by atoms with Crippen LogP contribution in [-0.4, -0.2) is 65.6 Å². The van der Waals surface area contributed by atoms with Crippen LogP contribution in [0.4, 0.5) is 0 Å². The third-order valence-corrected chi connectivity index (χ3v) is 4.27. The fraction of sp³-hybridized carbons (Fsp3) is 0.391. The van der Waals surface area contributed by atoms with Crippen LogP contribution in [0.2, 0.25) is 0 Å². The van der Waals surface area contributed by atoms with Gasteiger partial charge in [0.2, 0.25) is 0 Å². The van der Waals surface area contributed by atoms with Crippen molar-refractivity contribution in [1.82, 2.24) is 10.6 Å². The van der Waals surface area contributed by atoms with E-state index in [4.69, 9.17) is 18.9 Å². The number of benzene rings is 2. The van der Waals surface area contributed by atoms with Crippen LogP contribution in [0.3, 0.4) is 0 Å². The molecule has 0 atom stereocenters. The molecule has 0 unspecified atom stereocenters. The van der Waals surface area contributed by atoms with E-state index < -0.39 is 0 Å². The molecule has 0 saturated carbocycles. The lowest BCUT2D eigenvalue weighted by molar-refractivity contribution is 0.0951. The van der Waals surface area contributed by atoms with Crippen LogP contribution in [0.1, 0.15) is 27.1 Å². The highest BCUT2D eigenvalue weighted by Gasteiger charge is 2.07. The van der Waals surface area contributed by atoms with Gasteiger partial charge < -0.3 is 29.6 Å². The number of rotatable bonds is 14. The number of ether oxygens (including phenoxy) is 4. The Bertz CT molecular complexity index is 725. The monoisotopic (exact) mass is 430 g/mol. The van der Waals surface area contributed by atoms with E-state index in [1.54, 1.807) is 62.8 Å². The van der Waals surface area contributed by atoms with Gasteiger partial charge in [0.25, 0.3) is 11.8 Å². The molecule has 2 N–H and O–H groups in total. The average Bonchev–Trinajstić information content (AvgIpc) is 2.80. The molecule has 2 aromatic carbocycles. The zero-order valence-corrected chi connectivity index (χ0v) is 18.0. The first-order valence-electron chi connectivity index (χ1n) is 10.1. The Morgan fingerprint density at radius 1 is 0.645 bits per heavy atom. The predicted molar refractivity (Wildman–Crippen MR) is 117 cm³/mol. The summed E-state index contributed by atoms with van der Waals surface area (Å²) in [5, 5.41) is 5.68. The number of hydrogen-bond acceptors (Lipinski definition) is 6. The molecule has 0 heterocycles. The molecule has 168 valence electrons. The third kappa shape index (κ3) is 9.06. The maximum absolute atomic E-state index is 12.2. The summed E-state index contributed by atoms with van der Waals surface area (Å²) in [7, 11) is 3.22. The summed E-state index contributed by atoms with van der Waals surface area (Å²) in [6.45, 7) is 2.84. The van der Waals surface area contributed by atoms with Crippen LogP contribution >= 0.6 is 0 Å². The molecule has 0 spiro atoms. The first kappa shape index (κ1) is 24.2. The number of carbonyl (C=O) groups excluding carboxylic acids is 2. The van der Waals surface area contributed by atoms with Crippen LogP contribution < -0.4 is 20.1 Å². The van der Waals surface area contributed by atoms with Crippen molar-refractivity contribution in [1.29, 1.82) is 0 Å². The molecule has 0 radical (unpaired) electrons. The fourth-order valence-electron chi connectivity index (χ4n) is 2.59. The molecule has 31 heavy (non-hydrogen) atoms. The van der Waals surface area contributed by atoms with Gasteiger partial charge in [-0.25, -0.2) is 0 Å². The standard InChI is InChI=1S/C23H30N2O6/c1-28-14-16-30-20-8-4-18(5-9-20)22(26)24-12-3-13-25-23(27)19-6-10-21(11-7-19)31-17-15-29-2/h4-11H,3,12-17H2,1-2H3,(H,24,26)(H,25,27). The third-order valence-electron chi connectivity index (χ3n) is 4.27. The van der Waals surface area contributed by atoms with Crippen LogP contribution in [-0.2, 0) is 9.47 Å². The van der Waals surface area contributed by atoms with Crippen molar-refractivity contribution in [2.24, 2.45) is 0 Å². The Balaban J connectivity index is 1.63. The molecule has 0 bridgehead atoms. The second kappa shape index (κ2) is 14.0. The smallest absolute Gasteiger partial charge is 0.251 e. The minimum Gasteiger partial charge on any atom is -0.491 e. The van der Waals surface area contributed by atoms with Gasteiger partial charge in [0.1, 0.15) is 24.7 Å². The highest BCUT2D eigenvalue weighted by Crippen LogP contribution is 2.13. The lowest BCUT2D eigenvalue weighted by Gasteiger charge is -2.09. The normalized spacial score (nSPS) is 10.4. The summed E-state index contributed by atoms with van der Waals surface area (Å²) < 4.78 is 20.8. The van der Waals surface area contributed by atoms with Crippen molar-refractivity contribution in [3.8, 4) is 11.5 Å². The molecular formula is C23H30N2O6. The minimum absolute atomic E-state index is 0.168. The van der Waals surface area contributed by atoms with Crippen molar-refractivity contribution in [3.63, 3.8) is 0 Å². The first-order chi connectivity index (χ1) is 15.1. The van der Waals surface area contributed by atoms with Crippen LogP contribution in [0.5, 0.6) is 11.5 Å². The number of nitrogens with one attached hydrogen (secondary N) is 2. The molecule has 2 rings (SSSR count). The lowest BCUT2D eigenvalue weighted by atomic mass is 10.2. The van der Waals surface area contributed by atoms with E-state index >= 15 is 0 Å². The lowest BCUT2D eigenvalue weighted by Crippen LogP contribution is -2.29. The summed E-state index contributed by atoms with van der Waals surface area (Å²) in [6.07, 6.45) is 0.619. The van der Waals surface area contributed by atoms with E-state index in [2.05, 4.69) is 10.6 Å². The Labute approximate surface area is 182 Å². The Morgan fingerprint density at radius 2 is 1.03 bits per heavy atom. The highest BCUT2D eigenvalue weighted by molar-refractivity contribution is 5.94. The van der Waals surface area contributed by atoms with Gasteiger partial charge in [-0.2, -0.15) is 0 Å². The second-order valence-electron chi connectivity index (χ2n) is 6.60. The van der Waals surface area contributed by atoms with Crippen molar-refractivity contribution in [2.75, 3.05) is 53.7 Å². The highest BCUT2D eigenvalue weighted by atomic mass is 16.5. The predicted octanol–water partition coefficient (Wildman–Crippen LogP) is 2.29. The van der Waals surface area contributed by atoms with Gasteiger partial charge in [-0.3, -0.25) is 9.59 Å². The maximum Gasteiger partial charge on any atom is 0.251 e. The zero-order valence-electron chi connectivity index (χ0n) is 18.0. The van der Waals surface area contributed by atoms with E-state index in [-0.39, 0.29) is 11.8 Å². The molecule has 0 aliphatic carbocycles. The van der Waals surface area contributed by atoms with Crippen molar-refractivity contribution < 1.29 is 28.5 Å². The molecule has 0 aromatic heterocycles. The van der Waals surface area contributed by atoms with E-state index in [1.807, 2.05) is 0 Å². The number of amides is 2. The molecule has 2 aromatic rings. The molecule has 0 saturated heterocycles. The second-order valence-corrected chi connectivity index (χ2v) is 6.60. The molecule has 8 heteroatoms. The number of hydrogen-bond donors (Lipinski definition) is 2. The van der Waals surface area contributed by atoms with Crippen LogP contribution in [0, 0.1) is 0 Å². The molecule has 0 aliphatic heterocycles. The Morgan fingerprint density at radius 3 is 1.39 bits per heavy atom. The SMILES string of the molecule is COCCOc1ccc(C(=O)NCCCNC(=O)c2ccc(OCCOC)cc2)cc1. The van der Waals surface area contributed by atoms with Crippen molar-refractivity contribution in [3.05, 3.63) is 59.7 Å². The van der Waals surface area contributed by atoms with E-state index in [0.29, 0.717) is 68.6 Å². The largest absolute Gasteiger partial charge is 0.491 e. The minimum atomic E-state index is -0.168. The quantitative estimate of drug-likeness (QED) is 0.447. The Kier molecular flexibility index (Phi) is 10.9. The van der Waals surface area contributed by atoms with Gasteiger partial charge in [0.15, 0.2) is 0 Å². The molecule has 0 fully saturated rings. The van der Waals surface area contributed by atoms with Crippen molar-refractivity contribution in [2.45, 2.75) is 6.42 Å². The first-order valence-corrected chi connectivity index (χ1v) is 10.1. The number of methoxy groups -OCH3 is 2. The molecule has 2 amide bonds. The summed E-state index contributed by atoms with van der Waals surface area (Å²) in [5.74, 6) is 1.04. The Hall–Kier alpha value is -3.10. The molecule has 0 aliphatic rings. The van der Waals surface area contributed by atoms with Gasteiger partial charge in [-0.15, -0.1) is 0 Å². The summed E-state index contributed by atoms with van der Waals surface area (Å²) >= 11 is 0. The number of carbonyl (C=O) groups is 2.